The first-order valence-corrected chi connectivity index (χ1v) is 10.3. The molecule has 158 valence electrons. The van der Waals surface area contributed by atoms with E-state index in [1.54, 1.807) is 26.2 Å². The number of rotatable bonds is 8. The summed E-state index contributed by atoms with van der Waals surface area (Å²) in [7, 11) is 1.62. The third-order valence-electron chi connectivity index (χ3n) is 5.24. The molecule has 0 radical (unpaired) electrons. The number of aromatic nitrogens is 1. The largest absolute Gasteiger partial charge is 0.496 e. The van der Waals surface area contributed by atoms with Crippen LogP contribution >= 0.6 is 15.9 Å². The number of carboxylic acid groups (broad SMARTS) is 1. The van der Waals surface area contributed by atoms with Gasteiger partial charge in [0.05, 0.1) is 12.7 Å². The average molecular weight is 475 g/mol. The number of aromatic carboxylic acids is 1. The van der Waals surface area contributed by atoms with Crippen LogP contribution in [-0.2, 0) is 19.6 Å². The van der Waals surface area contributed by atoms with Crippen LogP contribution in [-0.4, -0.2) is 22.8 Å². The smallest absolute Gasteiger partial charge is 0.337 e. The van der Waals surface area contributed by atoms with E-state index in [-0.39, 0.29) is 5.82 Å². The average Bonchev–Trinajstić information content (AvgIpc) is 2.94. The van der Waals surface area contributed by atoms with E-state index < -0.39 is 5.97 Å². The molecule has 0 aliphatic heterocycles. The molecule has 0 amide bonds. The van der Waals surface area contributed by atoms with Gasteiger partial charge in [0.25, 0.3) is 0 Å². The highest BCUT2D eigenvalue weighted by Gasteiger charge is 2.22. The molecule has 0 saturated carbocycles. The molecule has 0 unspecified atom stereocenters. The van der Waals surface area contributed by atoms with Crippen molar-refractivity contribution in [3.8, 4) is 5.75 Å². The zero-order valence-electron chi connectivity index (χ0n) is 17.1. The summed E-state index contributed by atoms with van der Waals surface area (Å²) in [4.78, 5) is 12.0. The molecule has 2 N–H and O–H groups in total. The van der Waals surface area contributed by atoms with Gasteiger partial charge >= 0.3 is 5.97 Å². The lowest BCUT2D eigenvalue weighted by Crippen LogP contribution is -2.16. The number of nitrogens with zero attached hydrogens (tertiary/aromatic N) is 1. The minimum atomic E-state index is -0.953. The lowest BCUT2D eigenvalue weighted by atomic mass is 10.1. The first kappa shape index (κ1) is 22.1. The molecule has 0 saturated heterocycles. The predicted octanol–water partition coefficient (Wildman–Crippen LogP) is 5.05. The summed E-state index contributed by atoms with van der Waals surface area (Å²) in [5.74, 6) is -0.477. The molecule has 1 heterocycles. The van der Waals surface area contributed by atoms with Crippen LogP contribution in [0.25, 0.3) is 0 Å². The van der Waals surface area contributed by atoms with Gasteiger partial charge in [0.15, 0.2) is 0 Å². The van der Waals surface area contributed by atoms with Crippen molar-refractivity contribution in [1.29, 1.82) is 0 Å². The Bertz CT molecular complexity index is 1060. The van der Waals surface area contributed by atoms with Gasteiger partial charge in [0.1, 0.15) is 11.6 Å². The van der Waals surface area contributed by atoms with Gasteiger partial charge in [-0.1, -0.05) is 28.1 Å². The molecule has 3 aromatic rings. The summed E-state index contributed by atoms with van der Waals surface area (Å²) >= 11 is 3.47. The summed E-state index contributed by atoms with van der Waals surface area (Å²) < 4.78 is 21.5. The Morgan fingerprint density at radius 2 is 1.83 bits per heavy atom. The van der Waals surface area contributed by atoms with Crippen LogP contribution in [0.4, 0.5) is 4.39 Å². The monoisotopic (exact) mass is 474 g/mol. The molecule has 0 fully saturated rings. The highest BCUT2D eigenvalue weighted by molar-refractivity contribution is 9.10. The molecular formula is C23H24BrFN2O3. The van der Waals surface area contributed by atoms with Gasteiger partial charge in [-0.2, -0.15) is 0 Å². The zero-order valence-corrected chi connectivity index (χ0v) is 18.7. The van der Waals surface area contributed by atoms with Gasteiger partial charge in [-0.05, 0) is 49.7 Å². The Morgan fingerprint density at radius 3 is 2.47 bits per heavy atom. The Balaban J connectivity index is 1.84. The van der Waals surface area contributed by atoms with E-state index in [9.17, 15) is 14.3 Å². The van der Waals surface area contributed by atoms with Crippen LogP contribution in [0.1, 0.15) is 38.4 Å². The molecule has 30 heavy (non-hydrogen) atoms. The summed E-state index contributed by atoms with van der Waals surface area (Å²) in [6.45, 7) is 5.14. The van der Waals surface area contributed by atoms with Crippen molar-refractivity contribution in [2.75, 3.05) is 7.11 Å². The third-order valence-corrected chi connectivity index (χ3v) is 5.73. The second-order valence-corrected chi connectivity index (χ2v) is 8.02. The van der Waals surface area contributed by atoms with Gasteiger partial charge in [-0.15, -0.1) is 0 Å². The van der Waals surface area contributed by atoms with Crippen LogP contribution in [0.15, 0.2) is 46.9 Å². The van der Waals surface area contributed by atoms with Crippen LogP contribution in [0.5, 0.6) is 5.75 Å². The quantitative estimate of drug-likeness (QED) is 0.479. The molecule has 1 aromatic heterocycles. The molecule has 7 heteroatoms. The summed E-state index contributed by atoms with van der Waals surface area (Å²) in [5, 5.41) is 13.1. The van der Waals surface area contributed by atoms with Crippen LogP contribution in [0.2, 0.25) is 0 Å². The van der Waals surface area contributed by atoms with Crippen molar-refractivity contribution in [3.05, 3.63) is 86.4 Å². The van der Waals surface area contributed by atoms with Gasteiger partial charge in [-0.3, -0.25) is 0 Å². The lowest BCUT2D eigenvalue weighted by Gasteiger charge is -2.12. The topological polar surface area (TPSA) is 63.5 Å². The number of halogens is 2. The molecule has 0 bridgehead atoms. The normalized spacial score (nSPS) is 11.0. The van der Waals surface area contributed by atoms with Gasteiger partial charge < -0.3 is 19.7 Å². The van der Waals surface area contributed by atoms with Crippen molar-refractivity contribution >= 4 is 21.9 Å². The maximum Gasteiger partial charge on any atom is 0.337 e. The first-order valence-electron chi connectivity index (χ1n) is 9.51. The van der Waals surface area contributed by atoms with E-state index in [1.165, 1.54) is 12.1 Å². The standard InChI is InChI=1S/C23H24BrFN2O3/c1-14-20(12-26-11-17-10-18(24)6-9-21(17)30-3)22(23(28)29)15(2)27(14)13-16-4-7-19(25)8-5-16/h4-10,26H,11-13H2,1-3H3,(H,28,29). The fourth-order valence-corrected chi connectivity index (χ4v) is 4.07. The number of nitrogens with one attached hydrogen (secondary N) is 1. The Labute approximate surface area is 183 Å². The number of benzene rings is 2. The Kier molecular flexibility index (Phi) is 6.95. The number of methoxy groups -OCH3 is 1. The van der Waals surface area contributed by atoms with E-state index >= 15 is 0 Å². The number of carboxylic acids is 1. The summed E-state index contributed by atoms with van der Waals surface area (Å²) in [6, 6.07) is 12.0. The second kappa shape index (κ2) is 9.45. The van der Waals surface area contributed by atoms with E-state index in [4.69, 9.17) is 4.74 Å². The van der Waals surface area contributed by atoms with Gasteiger partial charge in [0, 0.05) is 46.6 Å². The number of hydrogen-bond donors (Lipinski definition) is 2. The van der Waals surface area contributed by atoms with Crippen molar-refractivity contribution in [1.82, 2.24) is 9.88 Å². The van der Waals surface area contributed by atoms with Gasteiger partial charge in [-0.25, -0.2) is 9.18 Å². The SMILES string of the molecule is COc1ccc(Br)cc1CNCc1c(C(=O)O)c(C)n(Cc2ccc(F)cc2)c1C. The Hall–Kier alpha value is -2.64. The molecule has 2 aromatic carbocycles. The zero-order chi connectivity index (χ0) is 21.8. The number of ether oxygens (including phenoxy) is 1. The Morgan fingerprint density at radius 1 is 1.13 bits per heavy atom. The van der Waals surface area contributed by atoms with E-state index in [0.717, 1.165) is 32.6 Å². The van der Waals surface area contributed by atoms with Crippen molar-refractivity contribution in [2.24, 2.45) is 0 Å². The summed E-state index contributed by atoms with van der Waals surface area (Å²) in [6.07, 6.45) is 0. The third kappa shape index (κ3) is 4.74. The van der Waals surface area contributed by atoms with Crippen LogP contribution < -0.4 is 10.1 Å². The van der Waals surface area contributed by atoms with Crippen molar-refractivity contribution in [3.63, 3.8) is 0 Å². The van der Waals surface area contributed by atoms with Crippen LogP contribution in [0.3, 0.4) is 0 Å². The van der Waals surface area contributed by atoms with Crippen molar-refractivity contribution < 1.29 is 19.0 Å². The minimum Gasteiger partial charge on any atom is -0.496 e. The molecule has 0 atom stereocenters. The molecule has 0 aliphatic rings. The van der Waals surface area contributed by atoms with Gasteiger partial charge in [0.2, 0.25) is 0 Å². The highest BCUT2D eigenvalue weighted by Crippen LogP contribution is 2.26. The fourth-order valence-electron chi connectivity index (χ4n) is 3.67. The maximum atomic E-state index is 13.2. The van der Waals surface area contributed by atoms with E-state index in [0.29, 0.717) is 30.9 Å². The molecule has 5 nitrogen and oxygen atoms in total. The maximum absolute atomic E-state index is 13.2. The molecular weight excluding hydrogens is 451 g/mol. The predicted molar refractivity (Wildman–Crippen MR) is 118 cm³/mol. The minimum absolute atomic E-state index is 0.293. The highest BCUT2D eigenvalue weighted by atomic mass is 79.9. The molecule has 0 aliphatic carbocycles. The number of hydrogen-bond acceptors (Lipinski definition) is 3. The lowest BCUT2D eigenvalue weighted by molar-refractivity contribution is 0.0694. The number of carbonyl (C=O) groups is 1. The van der Waals surface area contributed by atoms with E-state index in [1.807, 2.05) is 29.7 Å². The first-order chi connectivity index (χ1) is 14.3. The van der Waals surface area contributed by atoms with Crippen molar-refractivity contribution in [2.45, 2.75) is 33.5 Å². The fraction of sp³-hybridized carbons (Fsp3) is 0.261. The van der Waals surface area contributed by atoms with Crippen LogP contribution in [0, 0.1) is 19.7 Å². The molecule has 3 rings (SSSR count). The second-order valence-electron chi connectivity index (χ2n) is 7.10. The molecule has 0 spiro atoms. The van der Waals surface area contributed by atoms with E-state index in [2.05, 4.69) is 21.2 Å². The summed E-state index contributed by atoms with van der Waals surface area (Å²) in [5.41, 5.74) is 4.50.